The molecule has 1 aromatic carbocycles. The molecule has 1 N–H and O–H groups in total. The minimum atomic E-state index is -0.0624. The molecule has 0 aromatic heterocycles. The first-order valence-electron chi connectivity index (χ1n) is 6.97. The molecule has 1 aromatic rings. The maximum Gasteiger partial charge on any atom is 0.233 e. The van der Waals surface area contributed by atoms with Crippen molar-refractivity contribution < 1.29 is 9.53 Å². The van der Waals surface area contributed by atoms with Gasteiger partial charge in [-0.3, -0.25) is 9.79 Å². The lowest BCUT2D eigenvalue weighted by molar-refractivity contribution is -0.120. The Balaban J connectivity index is 1.83. The minimum absolute atomic E-state index is 0.0624. The number of benzene rings is 1. The maximum atomic E-state index is 12.2. The van der Waals surface area contributed by atoms with E-state index in [0.29, 0.717) is 6.54 Å². The van der Waals surface area contributed by atoms with E-state index in [9.17, 15) is 4.79 Å². The lowest BCUT2D eigenvalue weighted by Gasteiger charge is -2.14. The Morgan fingerprint density at radius 2 is 2.24 bits per heavy atom. The van der Waals surface area contributed by atoms with Crippen molar-refractivity contribution in [1.82, 2.24) is 5.32 Å². The molecule has 1 atom stereocenters. The third-order valence-corrected chi connectivity index (χ3v) is 5.66. The van der Waals surface area contributed by atoms with Crippen LogP contribution in [-0.2, 0) is 11.3 Å². The summed E-state index contributed by atoms with van der Waals surface area (Å²) in [6.45, 7) is 3.45. The van der Waals surface area contributed by atoms with E-state index in [1.807, 2.05) is 31.2 Å². The fourth-order valence-electron chi connectivity index (χ4n) is 1.88. The number of hydrogen-bond donors (Lipinski definition) is 1. The molecule has 1 heterocycles. The second-order valence-electron chi connectivity index (χ2n) is 4.58. The highest BCUT2D eigenvalue weighted by Crippen LogP contribution is 2.27. The second-order valence-corrected chi connectivity index (χ2v) is 7.11. The molecule has 1 unspecified atom stereocenters. The summed E-state index contributed by atoms with van der Waals surface area (Å²) in [4.78, 5) is 16.6. The van der Waals surface area contributed by atoms with E-state index in [1.54, 1.807) is 30.6 Å². The van der Waals surface area contributed by atoms with Crippen LogP contribution in [0, 0.1) is 0 Å². The number of rotatable bonds is 6. The zero-order valence-electron chi connectivity index (χ0n) is 12.3. The number of aliphatic imine (C=N–C) groups is 1. The molecular weight excluding hydrogens is 304 g/mol. The van der Waals surface area contributed by atoms with E-state index >= 15 is 0 Å². The molecule has 0 saturated heterocycles. The zero-order chi connectivity index (χ0) is 15.1. The van der Waals surface area contributed by atoms with E-state index in [2.05, 4.69) is 10.3 Å². The Morgan fingerprint density at radius 1 is 1.48 bits per heavy atom. The van der Waals surface area contributed by atoms with E-state index in [0.717, 1.165) is 34.4 Å². The van der Waals surface area contributed by atoms with Crippen molar-refractivity contribution in [3.8, 4) is 5.75 Å². The van der Waals surface area contributed by atoms with Crippen LogP contribution in [0.5, 0.6) is 5.75 Å². The number of nitrogens with zero attached hydrogens (tertiary/aromatic N) is 1. The van der Waals surface area contributed by atoms with Crippen LogP contribution in [0.15, 0.2) is 29.3 Å². The van der Waals surface area contributed by atoms with Crippen LogP contribution < -0.4 is 10.1 Å². The van der Waals surface area contributed by atoms with E-state index in [-0.39, 0.29) is 11.2 Å². The molecule has 1 aliphatic rings. The summed E-state index contributed by atoms with van der Waals surface area (Å²) in [5.41, 5.74) is 1.07. The van der Waals surface area contributed by atoms with Crippen LogP contribution in [0.25, 0.3) is 0 Å². The van der Waals surface area contributed by atoms with Crippen molar-refractivity contribution in [2.24, 2.45) is 4.99 Å². The molecule has 114 valence electrons. The molecule has 0 bridgehead atoms. The van der Waals surface area contributed by atoms with Crippen LogP contribution in [-0.4, -0.2) is 34.9 Å². The number of ether oxygens (including phenoxy) is 1. The van der Waals surface area contributed by atoms with Crippen molar-refractivity contribution in [1.29, 1.82) is 0 Å². The number of hydrogen-bond acceptors (Lipinski definition) is 5. The molecule has 0 radical (unpaired) electrons. The van der Waals surface area contributed by atoms with Gasteiger partial charge in [-0.15, -0.1) is 0 Å². The summed E-state index contributed by atoms with van der Waals surface area (Å²) < 4.78 is 6.16. The first-order chi connectivity index (χ1) is 10.2. The van der Waals surface area contributed by atoms with Crippen LogP contribution >= 0.6 is 23.5 Å². The second kappa shape index (κ2) is 8.34. The molecule has 0 spiro atoms. The van der Waals surface area contributed by atoms with Crippen molar-refractivity contribution in [2.75, 3.05) is 19.4 Å². The number of nitrogens with one attached hydrogen (secondary N) is 1. The highest BCUT2D eigenvalue weighted by Gasteiger charge is 2.21. The molecule has 1 aliphatic heterocycles. The SMILES string of the molecule is CCC(SC1=NCCS1)C(=O)NCc1ccc(OC)cc1. The zero-order valence-corrected chi connectivity index (χ0v) is 13.9. The van der Waals surface area contributed by atoms with Crippen molar-refractivity contribution in [3.05, 3.63) is 29.8 Å². The fraction of sp³-hybridized carbons (Fsp3) is 0.467. The Bertz CT molecular complexity index is 503. The first-order valence-corrected chi connectivity index (χ1v) is 8.84. The normalized spacial score (nSPS) is 15.4. The largest absolute Gasteiger partial charge is 0.497 e. The van der Waals surface area contributed by atoms with Gasteiger partial charge in [-0.1, -0.05) is 42.6 Å². The molecule has 0 saturated carbocycles. The van der Waals surface area contributed by atoms with Crippen LogP contribution in [0.3, 0.4) is 0 Å². The third kappa shape index (κ3) is 4.97. The summed E-state index contributed by atoms with van der Waals surface area (Å²) in [7, 11) is 1.64. The van der Waals surface area contributed by atoms with Gasteiger partial charge in [0.05, 0.1) is 18.9 Å². The molecular formula is C15H20N2O2S2. The summed E-state index contributed by atoms with van der Waals surface area (Å²) in [6.07, 6.45) is 0.804. The Hall–Kier alpha value is -1.14. The number of thioether (sulfide) groups is 2. The molecule has 21 heavy (non-hydrogen) atoms. The highest BCUT2D eigenvalue weighted by atomic mass is 32.2. The molecule has 0 aliphatic carbocycles. The predicted octanol–water partition coefficient (Wildman–Crippen LogP) is 2.93. The number of carbonyl (C=O) groups excluding carboxylic acids is 1. The van der Waals surface area contributed by atoms with Crippen molar-refractivity contribution in [2.45, 2.75) is 25.1 Å². The van der Waals surface area contributed by atoms with Gasteiger partial charge in [0, 0.05) is 12.3 Å². The van der Waals surface area contributed by atoms with Gasteiger partial charge in [0.25, 0.3) is 0 Å². The molecule has 0 fully saturated rings. The van der Waals surface area contributed by atoms with Gasteiger partial charge in [0.15, 0.2) is 0 Å². The van der Waals surface area contributed by atoms with Gasteiger partial charge in [0.1, 0.15) is 10.1 Å². The van der Waals surface area contributed by atoms with E-state index in [1.165, 1.54) is 0 Å². The highest BCUT2D eigenvalue weighted by molar-refractivity contribution is 8.39. The quantitative estimate of drug-likeness (QED) is 0.874. The average molecular weight is 324 g/mol. The van der Waals surface area contributed by atoms with Gasteiger partial charge >= 0.3 is 0 Å². The van der Waals surface area contributed by atoms with Crippen molar-refractivity contribution >= 4 is 33.8 Å². The molecule has 2 rings (SSSR count). The lowest BCUT2D eigenvalue weighted by atomic mass is 10.2. The third-order valence-electron chi connectivity index (χ3n) is 3.09. The minimum Gasteiger partial charge on any atom is -0.497 e. The predicted molar refractivity (Wildman–Crippen MR) is 91.3 cm³/mol. The number of methoxy groups -OCH3 is 1. The topological polar surface area (TPSA) is 50.7 Å². The Kier molecular flexibility index (Phi) is 6.45. The number of carbonyl (C=O) groups is 1. The standard InChI is InChI=1S/C15H20N2O2S2/c1-3-13(21-15-16-8-9-20-15)14(18)17-10-11-4-6-12(19-2)7-5-11/h4-7,13H,3,8-10H2,1-2H3,(H,17,18). The smallest absolute Gasteiger partial charge is 0.233 e. The first kappa shape index (κ1) is 16.2. The summed E-state index contributed by atoms with van der Waals surface area (Å²) >= 11 is 3.32. The van der Waals surface area contributed by atoms with Gasteiger partial charge in [-0.05, 0) is 24.1 Å². The molecule has 4 nitrogen and oxygen atoms in total. The lowest BCUT2D eigenvalue weighted by Crippen LogP contribution is -2.32. The molecule has 1 amide bonds. The van der Waals surface area contributed by atoms with Gasteiger partial charge in [-0.2, -0.15) is 0 Å². The summed E-state index contributed by atoms with van der Waals surface area (Å²) in [5, 5.41) is 2.93. The van der Waals surface area contributed by atoms with Crippen molar-refractivity contribution in [3.63, 3.8) is 0 Å². The Labute approximate surface area is 134 Å². The van der Waals surface area contributed by atoms with Crippen LogP contribution in [0.4, 0.5) is 0 Å². The van der Waals surface area contributed by atoms with E-state index < -0.39 is 0 Å². The monoisotopic (exact) mass is 324 g/mol. The van der Waals surface area contributed by atoms with Gasteiger partial charge in [-0.25, -0.2) is 0 Å². The van der Waals surface area contributed by atoms with Crippen LogP contribution in [0.2, 0.25) is 0 Å². The van der Waals surface area contributed by atoms with Gasteiger partial charge < -0.3 is 10.1 Å². The summed E-state index contributed by atoms with van der Waals surface area (Å²) in [6, 6.07) is 7.73. The maximum absolute atomic E-state index is 12.2. The Morgan fingerprint density at radius 3 is 2.81 bits per heavy atom. The van der Waals surface area contributed by atoms with Gasteiger partial charge in [0.2, 0.25) is 5.91 Å². The molecule has 6 heteroatoms. The average Bonchev–Trinajstić information content (AvgIpc) is 3.03. The number of amides is 1. The summed E-state index contributed by atoms with van der Waals surface area (Å²) in [5.74, 6) is 1.93. The fourth-order valence-corrected chi connectivity index (χ4v) is 4.05. The van der Waals surface area contributed by atoms with E-state index in [4.69, 9.17) is 4.74 Å². The van der Waals surface area contributed by atoms with Crippen LogP contribution in [0.1, 0.15) is 18.9 Å².